The Labute approximate surface area is 202 Å². The fraction of sp³-hybridized carbons (Fsp3) is 0.269. The van der Waals surface area contributed by atoms with Crippen LogP contribution < -0.4 is 10.6 Å². The topological polar surface area (TPSA) is 96.9 Å². The zero-order chi connectivity index (χ0) is 24.1. The predicted octanol–water partition coefficient (Wildman–Crippen LogP) is 5.73. The first-order valence-electron chi connectivity index (χ1n) is 11.2. The Bertz CT molecular complexity index is 1300. The summed E-state index contributed by atoms with van der Waals surface area (Å²) in [6.07, 6.45) is 5.42. The standard InChI is InChI=1S/C26H27N5O2S/c1-16-14-22-25(34-16)24(31-26(30-22)28-17(2)20-7-5-13-27-15-20)23(33)8-4-6-19-9-11-21(12-10-19)29-18(3)32/h5,7,9-15,17H,4,6,8H2,1-3H3,(H,29,32)(H,28,30,31)/t17-/m0/s1. The molecule has 1 amide bonds. The molecule has 0 aliphatic carbocycles. The molecule has 0 aliphatic heterocycles. The van der Waals surface area contributed by atoms with Crippen LogP contribution in [0.1, 0.15) is 59.2 Å². The molecule has 1 atom stereocenters. The fourth-order valence-corrected chi connectivity index (χ4v) is 4.70. The zero-order valence-corrected chi connectivity index (χ0v) is 20.3. The second-order valence-corrected chi connectivity index (χ2v) is 9.53. The molecule has 0 fully saturated rings. The fourth-order valence-electron chi connectivity index (χ4n) is 3.74. The van der Waals surface area contributed by atoms with E-state index in [4.69, 9.17) is 0 Å². The number of pyridine rings is 1. The molecule has 8 heteroatoms. The largest absolute Gasteiger partial charge is 0.348 e. The van der Waals surface area contributed by atoms with Crippen LogP contribution in [-0.4, -0.2) is 26.6 Å². The number of carbonyl (C=O) groups excluding carboxylic acids is 2. The van der Waals surface area contributed by atoms with Gasteiger partial charge < -0.3 is 10.6 Å². The number of aromatic nitrogens is 3. The number of rotatable bonds is 9. The Kier molecular flexibility index (Phi) is 7.27. The maximum Gasteiger partial charge on any atom is 0.224 e. The van der Waals surface area contributed by atoms with E-state index in [0.717, 1.165) is 38.3 Å². The van der Waals surface area contributed by atoms with E-state index in [0.29, 0.717) is 24.5 Å². The smallest absolute Gasteiger partial charge is 0.224 e. The number of nitrogens with zero attached hydrogens (tertiary/aromatic N) is 3. The molecule has 7 nitrogen and oxygen atoms in total. The first-order valence-corrected chi connectivity index (χ1v) is 12.0. The van der Waals surface area contributed by atoms with Gasteiger partial charge in [0.15, 0.2) is 5.78 Å². The second kappa shape index (κ2) is 10.5. The van der Waals surface area contributed by atoms with Gasteiger partial charge in [0, 0.05) is 36.3 Å². The summed E-state index contributed by atoms with van der Waals surface area (Å²) in [7, 11) is 0. The summed E-state index contributed by atoms with van der Waals surface area (Å²) in [5.74, 6) is 0.363. The molecule has 0 bridgehead atoms. The monoisotopic (exact) mass is 473 g/mol. The predicted molar refractivity (Wildman–Crippen MR) is 136 cm³/mol. The molecule has 0 spiro atoms. The number of benzene rings is 1. The molecule has 4 aromatic rings. The molecular weight excluding hydrogens is 446 g/mol. The van der Waals surface area contributed by atoms with Crippen LogP contribution in [0.15, 0.2) is 54.9 Å². The van der Waals surface area contributed by atoms with Gasteiger partial charge in [0.25, 0.3) is 0 Å². The highest BCUT2D eigenvalue weighted by Gasteiger charge is 2.18. The molecule has 0 aliphatic rings. The van der Waals surface area contributed by atoms with Crippen LogP contribution in [0.4, 0.5) is 11.6 Å². The number of hydrogen-bond acceptors (Lipinski definition) is 7. The minimum Gasteiger partial charge on any atom is -0.348 e. The summed E-state index contributed by atoms with van der Waals surface area (Å²) in [4.78, 5) is 38.9. The number of carbonyl (C=O) groups is 2. The van der Waals surface area contributed by atoms with E-state index in [-0.39, 0.29) is 17.7 Å². The van der Waals surface area contributed by atoms with Gasteiger partial charge in [0.05, 0.1) is 16.3 Å². The van der Waals surface area contributed by atoms with Gasteiger partial charge in [0.2, 0.25) is 11.9 Å². The van der Waals surface area contributed by atoms with Gasteiger partial charge in [-0.25, -0.2) is 9.97 Å². The van der Waals surface area contributed by atoms with Crippen LogP contribution in [0.5, 0.6) is 0 Å². The van der Waals surface area contributed by atoms with Gasteiger partial charge in [-0.3, -0.25) is 14.6 Å². The lowest BCUT2D eigenvalue weighted by Gasteiger charge is -2.14. The highest BCUT2D eigenvalue weighted by atomic mass is 32.1. The van der Waals surface area contributed by atoms with Crippen molar-refractivity contribution in [3.63, 3.8) is 0 Å². The summed E-state index contributed by atoms with van der Waals surface area (Å²) in [5, 5.41) is 6.08. The molecule has 34 heavy (non-hydrogen) atoms. The van der Waals surface area contributed by atoms with Crippen LogP contribution in [-0.2, 0) is 11.2 Å². The van der Waals surface area contributed by atoms with Crippen molar-refractivity contribution in [3.05, 3.63) is 76.6 Å². The van der Waals surface area contributed by atoms with Crippen molar-refractivity contribution in [2.45, 2.75) is 46.1 Å². The lowest BCUT2D eigenvalue weighted by atomic mass is 10.0. The Morgan fingerprint density at radius 2 is 1.91 bits per heavy atom. The molecule has 4 rings (SSSR count). The summed E-state index contributed by atoms with van der Waals surface area (Å²) in [6.45, 7) is 5.51. The van der Waals surface area contributed by atoms with Gasteiger partial charge in [-0.1, -0.05) is 18.2 Å². The average molecular weight is 474 g/mol. The zero-order valence-electron chi connectivity index (χ0n) is 19.5. The van der Waals surface area contributed by atoms with E-state index in [9.17, 15) is 9.59 Å². The van der Waals surface area contributed by atoms with Crippen LogP contribution >= 0.6 is 11.3 Å². The summed E-state index contributed by atoms with van der Waals surface area (Å²) in [5.41, 5.74) is 4.17. The molecule has 0 radical (unpaired) electrons. The maximum atomic E-state index is 13.2. The van der Waals surface area contributed by atoms with Gasteiger partial charge in [-0.15, -0.1) is 11.3 Å². The van der Waals surface area contributed by atoms with Gasteiger partial charge >= 0.3 is 0 Å². The van der Waals surface area contributed by atoms with Crippen molar-refractivity contribution >= 4 is 44.9 Å². The van der Waals surface area contributed by atoms with E-state index in [2.05, 4.69) is 25.6 Å². The van der Waals surface area contributed by atoms with Crippen molar-refractivity contribution in [2.24, 2.45) is 0 Å². The number of ketones is 1. The van der Waals surface area contributed by atoms with Gasteiger partial charge in [-0.05, 0) is 62.1 Å². The van der Waals surface area contributed by atoms with Gasteiger partial charge in [0.1, 0.15) is 5.69 Å². The van der Waals surface area contributed by atoms with Crippen molar-refractivity contribution in [1.82, 2.24) is 15.0 Å². The molecule has 0 saturated heterocycles. The lowest BCUT2D eigenvalue weighted by molar-refractivity contribution is -0.114. The number of anilines is 2. The maximum absolute atomic E-state index is 13.2. The van der Waals surface area contributed by atoms with E-state index >= 15 is 0 Å². The Hall–Kier alpha value is -3.65. The third kappa shape index (κ3) is 5.82. The highest BCUT2D eigenvalue weighted by Crippen LogP contribution is 2.29. The second-order valence-electron chi connectivity index (χ2n) is 8.27. The minimum absolute atomic E-state index is 0.0150. The number of amides is 1. The summed E-state index contributed by atoms with van der Waals surface area (Å²) >= 11 is 1.55. The summed E-state index contributed by atoms with van der Waals surface area (Å²) in [6, 6.07) is 13.5. The lowest BCUT2D eigenvalue weighted by Crippen LogP contribution is -2.12. The third-order valence-electron chi connectivity index (χ3n) is 5.43. The van der Waals surface area contributed by atoms with E-state index in [1.54, 1.807) is 23.7 Å². The first kappa shape index (κ1) is 23.5. The SMILES string of the molecule is CC(=O)Nc1ccc(CCCC(=O)c2nc(N[C@@H](C)c3cccnc3)nc3cc(C)sc23)cc1. The normalized spacial score (nSPS) is 11.9. The van der Waals surface area contributed by atoms with Crippen LogP contribution in [0.25, 0.3) is 10.2 Å². The number of Topliss-reactive ketones (excluding diaryl/α,β-unsaturated/α-hetero) is 1. The molecule has 0 unspecified atom stereocenters. The minimum atomic E-state index is -0.0954. The molecule has 3 heterocycles. The van der Waals surface area contributed by atoms with Crippen molar-refractivity contribution in [3.8, 4) is 0 Å². The number of hydrogen-bond donors (Lipinski definition) is 2. The number of thiophene rings is 1. The van der Waals surface area contributed by atoms with Crippen LogP contribution in [0.2, 0.25) is 0 Å². The Balaban J connectivity index is 1.46. The van der Waals surface area contributed by atoms with Crippen molar-refractivity contribution in [2.75, 3.05) is 10.6 Å². The molecule has 0 saturated carbocycles. The van der Waals surface area contributed by atoms with Crippen molar-refractivity contribution < 1.29 is 9.59 Å². The van der Waals surface area contributed by atoms with Gasteiger partial charge in [-0.2, -0.15) is 0 Å². The molecule has 2 N–H and O–H groups in total. The Morgan fingerprint density at radius 3 is 2.62 bits per heavy atom. The molecule has 1 aromatic carbocycles. The van der Waals surface area contributed by atoms with Crippen LogP contribution in [0, 0.1) is 6.92 Å². The quantitative estimate of drug-likeness (QED) is 0.301. The molecular formula is C26H27N5O2S. The Morgan fingerprint density at radius 1 is 1.12 bits per heavy atom. The molecule has 3 aromatic heterocycles. The van der Waals surface area contributed by atoms with E-state index in [1.165, 1.54) is 6.92 Å². The third-order valence-corrected chi connectivity index (χ3v) is 6.48. The van der Waals surface area contributed by atoms with Crippen LogP contribution in [0.3, 0.4) is 0 Å². The first-order chi connectivity index (χ1) is 16.4. The highest BCUT2D eigenvalue weighted by molar-refractivity contribution is 7.19. The number of nitrogens with one attached hydrogen (secondary N) is 2. The number of fused-ring (bicyclic) bond motifs is 1. The van der Waals surface area contributed by atoms with E-state index < -0.39 is 0 Å². The summed E-state index contributed by atoms with van der Waals surface area (Å²) < 4.78 is 0.835. The van der Waals surface area contributed by atoms with Crippen molar-refractivity contribution in [1.29, 1.82) is 0 Å². The molecule has 174 valence electrons. The number of aryl methyl sites for hydroxylation is 2. The van der Waals surface area contributed by atoms with E-state index in [1.807, 2.05) is 56.3 Å². The average Bonchev–Trinajstić information content (AvgIpc) is 3.19.